The highest BCUT2D eigenvalue weighted by atomic mass is 16.5. The van der Waals surface area contributed by atoms with Crippen LogP contribution in [0.3, 0.4) is 0 Å². The van der Waals surface area contributed by atoms with E-state index >= 15 is 0 Å². The summed E-state index contributed by atoms with van der Waals surface area (Å²) in [6, 6.07) is 8.83. The number of fused-ring (bicyclic) bond motifs is 3. The molecule has 6 rings (SSSR count). The van der Waals surface area contributed by atoms with E-state index in [1.54, 1.807) is 19.1 Å². The van der Waals surface area contributed by atoms with E-state index in [2.05, 4.69) is 0 Å². The Balaban J connectivity index is 1.50. The summed E-state index contributed by atoms with van der Waals surface area (Å²) in [5, 5.41) is 20.0. The number of aromatic hydroxyl groups is 1. The first kappa shape index (κ1) is 27.2. The number of imide groups is 1. The standard InChI is InChI=1S/C32H27NO9/c1-14-9-22(34)21-13-20-18(25(27(21)28(14)35)16-11-23(41-2)29(36)24(12-16)42-3)7-8-19-26(20)31(38)33(30(19)37)17-6-4-5-15(10-17)32(39)40/h4-7,9-12,19-20,25-26,36H,8,13H2,1-3H3,(H,39,40). The summed E-state index contributed by atoms with van der Waals surface area (Å²) >= 11 is 0. The number of nitrogens with zero attached hydrogens (tertiary/aromatic N) is 1. The van der Waals surface area contributed by atoms with Crippen molar-refractivity contribution in [2.24, 2.45) is 17.8 Å². The van der Waals surface area contributed by atoms with Crippen LogP contribution in [0, 0.1) is 17.8 Å². The minimum atomic E-state index is -1.18. The number of Topliss-reactive ketones (excluding diaryl/α,β-unsaturated/α-hetero) is 1. The largest absolute Gasteiger partial charge is 0.502 e. The van der Waals surface area contributed by atoms with Crippen molar-refractivity contribution < 1.29 is 43.7 Å². The van der Waals surface area contributed by atoms with Gasteiger partial charge in [0.2, 0.25) is 17.6 Å². The van der Waals surface area contributed by atoms with Crippen molar-refractivity contribution in [1.82, 2.24) is 0 Å². The SMILES string of the molecule is COc1cc(C2C3=CCC4C(=O)N(c5cccc(C(=O)O)c5)C(=O)C4C3CC3=C2C(=O)C(C)=CC3=O)cc(OC)c1O. The van der Waals surface area contributed by atoms with E-state index in [1.165, 1.54) is 44.6 Å². The molecule has 1 saturated heterocycles. The van der Waals surface area contributed by atoms with Crippen molar-refractivity contribution in [1.29, 1.82) is 0 Å². The van der Waals surface area contributed by atoms with E-state index in [0.717, 1.165) is 10.5 Å². The van der Waals surface area contributed by atoms with Gasteiger partial charge in [0.1, 0.15) is 0 Å². The number of phenolic OH excluding ortho intramolecular Hbond substituents is 1. The molecule has 0 bridgehead atoms. The maximum absolute atomic E-state index is 14.0. The van der Waals surface area contributed by atoms with Crippen LogP contribution < -0.4 is 14.4 Å². The van der Waals surface area contributed by atoms with Crippen molar-refractivity contribution in [3.05, 3.63) is 82.0 Å². The van der Waals surface area contributed by atoms with Crippen LogP contribution in [0.2, 0.25) is 0 Å². The first-order valence-electron chi connectivity index (χ1n) is 13.4. The molecule has 2 N–H and O–H groups in total. The predicted molar refractivity (Wildman–Crippen MR) is 148 cm³/mol. The number of allylic oxidation sites excluding steroid dienone is 6. The van der Waals surface area contributed by atoms with Crippen LogP contribution in [0.1, 0.15) is 41.6 Å². The molecule has 42 heavy (non-hydrogen) atoms. The number of carboxylic acids is 1. The average Bonchev–Trinajstić information content (AvgIpc) is 3.24. The van der Waals surface area contributed by atoms with Gasteiger partial charge in [0.05, 0.1) is 37.3 Å². The van der Waals surface area contributed by atoms with Gasteiger partial charge in [-0.3, -0.25) is 24.1 Å². The zero-order valence-electron chi connectivity index (χ0n) is 23.0. The molecule has 0 radical (unpaired) electrons. The summed E-state index contributed by atoms with van der Waals surface area (Å²) in [5.41, 5.74) is 2.26. The fraction of sp³-hybridized carbons (Fsp3) is 0.281. The fourth-order valence-corrected chi connectivity index (χ4v) is 6.85. The first-order chi connectivity index (χ1) is 20.1. The molecule has 1 aliphatic heterocycles. The number of hydrogen-bond donors (Lipinski definition) is 2. The molecule has 2 amide bonds. The van der Waals surface area contributed by atoms with Gasteiger partial charge >= 0.3 is 5.97 Å². The van der Waals surface area contributed by atoms with E-state index in [1.807, 2.05) is 6.08 Å². The Kier molecular flexibility index (Phi) is 6.36. The van der Waals surface area contributed by atoms with Crippen molar-refractivity contribution in [3.8, 4) is 17.2 Å². The Morgan fingerprint density at radius 2 is 1.67 bits per heavy atom. The van der Waals surface area contributed by atoms with Crippen LogP contribution in [-0.4, -0.2) is 53.8 Å². The van der Waals surface area contributed by atoms with Crippen LogP contribution in [-0.2, 0) is 19.2 Å². The third-order valence-corrected chi connectivity index (χ3v) is 8.75. The zero-order chi connectivity index (χ0) is 30.0. The number of hydrogen-bond acceptors (Lipinski definition) is 8. The highest BCUT2D eigenvalue weighted by Crippen LogP contribution is 2.56. The van der Waals surface area contributed by atoms with E-state index in [0.29, 0.717) is 16.7 Å². The second-order valence-corrected chi connectivity index (χ2v) is 10.9. The maximum Gasteiger partial charge on any atom is 0.335 e. The predicted octanol–water partition coefficient (Wildman–Crippen LogP) is 3.74. The quantitative estimate of drug-likeness (QED) is 0.312. The summed E-state index contributed by atoms with van der Waals surface area (Å²) in [7, 11) is 2.77. The lowest BCUT2D eigenvalue weighted by Crippen LogP contribution is -2.39. The summed E-state index contributed by atoms with van der Waals surface area (Å²) in [4.78, 5) is 67.2. The highest BCUT2D eigenvalue weighted by molar-refractivity contribution is 6.25. The molecular formula is C32H27NO9. The lowest BCUT2D eigenvalue weighted by molar-refractivity contribution is -0.123. The Hall–Kier alpha value is -4.99. The molecule has 2 aromatic carbocycles. The Morgan fingerprint density at radius 3 is 2.31 bits per heavy atom. The van der Waals surface area contributed by atoms with Crippen LogP contribution in [0.15, 0.2) is 70.8 Å². The van der Waals surface area contributed by atoms with Gasteiger partial charge in [-0.15, -0.1) is 0 Å². The molecular weight excluding hydrogens is 542 g/mol. The number of rotatable bonds is 5. The topological polar surface area (TPSA) is 148 Å². The Morgan fingerprint density at radius 1 is 0.976 bits per heavy atom. The number of carboxylic acid groups (broad SMARTS) is 1. The van der Waals surface area contributed by atoms with Crippen molar-refractivity contribution in [2.75, 3.05) is 19.1 Å². The van der Waals surface area contributed by atoms with Crippen molar-refractivity contribution >= 4 is 35.0 Å². The highest BCUT2D eigenvalue weighted by Gasteiger charge is 2.56. The van der Waals surface area contributed by atoms with Crippen LogP contribution in [0.4, 0.5) is 5.69 Å². The number of carbonyl (C=O) groups excluding carboxylic acids is 4. The third-order valence-electron chi connectivity index (χ3n) is 8.75. The van der Waals surface area contributed by atoms with Crippen molar-refractivity contribution in [3.63, 3.8) is 0 Å². The molecule has 10 nitrogen and oxygen atoms in total. The van der Waals surface area contributed by atoms with Gasteiger partial charge in [-0.25, -0.2) is 4.79 Å². The van der Waals surface area contributed by atoms with Gasteiger partial charge in [0.15, 0.2) is 23.1 Å². The summed E-state index contributed by atoms with van der Waals surface area (Å²) in [5.74, 6) is -5.57. The Labute approximate surface area is 240 Å². The average molecular weight is 570 g/mol. The number of phenols is 1. The number of methoxy groups -OCH3 is 2. The van der Waals surface area contributed by atoms with Crippen LogP contribution in [0.5, 0.6) is 17.2 Å². The molecule has 4 unspecified atom stereocenters. The molecule has 214 valence electrons. The molecule has 4 atom stereocenters. The number of ether oxygens (including phenoxy) is 2. The number of aromatic carboxylic acids is 1. The summed E-state index contributed by atoms with van der Waals surface area (Å²) in [6.07, 6.45) is 3.50. The third kappa shape index (κ3) is 3.89. The molecule has 4 aliphatic rings. The Bertz CT molecular complexity index is 1690. The van der Waals surface area contributed by atoms with E-state index in [-0.39, 0.29) is 58.5 Å². The number of ketones is 2. The number of carbonyl (C=O) groups is 5. The van der Waals surface area contributed by atoms with Gasteiger partial charge in [-0.2, -0.15) is 0 Å². The fourth-order valence-electron chi connectivity index (χ4n) is 6.85. The maximum atomic E-state index is 14.0. The van der Waals surface area contributed by atoms with E-state index in [9.17, 15) is 34.2 Å². The number of anilines is 1. The monoisotopic (exact) mass is 569 g/mol. The summed E-state index contributed by atoms with van der Waals surface area (Å²) in [6.45, 7) is 1.58. The molecule has 1 heterocycles. The molecule has 0 saturated carbocycles. The molecule has 1 fully saturated rings. The minimum Gasteiger partial charge on any atom is -0.502 e. The van der Waals surface area contributed by atoms with E-state index < -0.39 is 41.5 Å². The van der Waals surface area contributed by atoms with Gasteiger partial charge in [0.25, 0.3) is 0 Å². The van der Waals surface area contributed by atoms with E-state index in [4.69, 9.17) is 9.47 Å². The molecule has 10 heteroatoms. The minimum absolute atomic E-state index is 0.0574. The van der Waals surface area contributed by atoms with Gasteiger partial charge in [-0.05, 0) is 67.7 Å². The number of amides is 2. The van der Waals surface area contributed by atoms with Gasteiger partial charge < -0.3 is 19.7 Å². The number of benzene rings is 2. The van der Waals surface area contributed by atoms with Gasteiger partial charge in [-0.1, -0.05) is 17.7 Å². The molecule has 3 aliphatic carbocycles. The smallest absolute Gasteiger partial charge is 0.335 e. The van der Waals surface area contributed by atoms with Crippen molar-refractivity contribution in [2.45, 2.75) is 25.7 Å². The normalized spacial score (nSPS) is 25.0. The second kappa shape index (κ2) is 9.83. The second-order valence-electron chi connectivity index (χ2n) is 10.9. The molecule has 0 spiro atoms. The zero-order valence-corrected chi connectivity index (χ0v) is 23.0. The van der Waals surface area contributed by atoms with Gasteiger partial charge in [0, 0.05) is 22.6 Å². The van der Waals surface area contributed by atoms with Crippen LogP contribution >= 0.6 is 0 Å². The summed E-state index contributed by atoms with van der Waals surface area (Å²) < 4.78 is 10.7. The lowest BCUT2D eigenvalue weighted by atomic mass is 9.59. The lowest BCUT2D eigenvalue weighted by Gasteiger charge is -2.42. The van der Waals surface area contributed by atoms with Crippen LogP contribution in [0.25, 0.3) is 0 Å². The molecule has 2 aromatic rings. The first-order valence-corrected chi connectivity index (χ1v) is 13.4. The molecule has 0 aromatic heterocycles.